The lowest BCUT2D eigenvalue weighted by atomic mass is 10.1. The number of rotatable bonds is 2. The van der Waals surface area contributed by atoms with Gasteiger partial charge in [0.05, 0.1) is 0 Å². The number of hydrogen-bond donors (Lipinski definition) is 3. The van der Waals surface area contributed by atoms with Crippen LogP contribution in [0.2, 0.25) is 5.15 Å². The van der Waals surface area contributed by atoms with Crippen molar-refractivity contribution in [3.05, 3.63) is 5.15 Å². The van der Waals surface area contributed by atoms with Crippen molar-refractivity contribution in [3.8, 4) is 0 Å². The van der Waals surface area contributed by atoms with Gasteiger partial charge in [-0.2, -0.15) is 9.97 Å². The molecule has 0 spiro atoms. The van der Waals surface area contributed by atoms with Crippen LogP contribution in [0.5, 0.6) is 0 Å². The Morgan fingerprint density at radius 3 is 2.62 bits per heavy atom. The third kappa shape index (κ3) is 2.45. The van der Waals surface area contributed by atoms with Gasteiger partial charge in [-0.05, 0) is 12.8 Å². The number of halogens is 1. The van der Waals surface area contributed by atoms with Gasteiger partial charge in [-0.3, -0.25) is 0 Å². The maximum Gasteiger partial charge on any atom is 0.223 e. The van der Waals surface area contributed by atoms with E-state index in [1.165, 1.54) is 0 Å². The Morgan fingerprint density at radius 2 is 1.94 bits per heavy atom. The summed E-state index contributed by atoms with van der Waals surface area (Å²) in [7, 11) is 0. The fraction of sp³-hybridized carbons (Fsp3) is 0.556. The Labute approximate surface area is 98.3 Å². The quantitative estimate of drug-likeness (QED) is 0.667. The van der Waals surface area contributed by atoms with E-state index in [1.54, 1.807) is 0 Å². The van der Waals surface area contributed by atoms with E-state index in [9.17, 15) is 0 Å². The Hall–Kier alpha value is -1.27. The number of nitrogens with zero attached hydrogens (tertiary/aromatic N) is 2. The minimum atomic E-state index is 0.119. The predicted octanol–water partition coefficient (Wildman–Crippen LogP) is 0.885. The van der Waals surface area contributed by atoms with E-state index in [1.807, 2.05) is 0 Å². The first-order valence-electron chi connectivity index (χ1n) is 5.09. The molecule has 5 N–H and O–H groups in total. The molecule has 0 atom stereocenters. The monoisotopic (exact) mass is 243 g/mol. The standard InChI is InChI=1S/C9H14ClN5O/c10-7-6(11)8(15-9(12)14-7)13-5-1-3-16-4-2-5/h5H,1-4,11H2,(H3,12,13,14,15). The summed E-state index contributed by atoms with van der Waals surface area (Å²) in [6, 6.07) is 0.293. The van der Waals surface area contributed by atoms with Crippen LogP contribution in [0.3, 0.4) is 0 Å². The van der Waals surface area contributed by atoms with E-state index in [2.05, 4.69) is 15.3 Å². The number of nitrogen functional groups attached to an aromatic ring is 2. The molecule has 0 bridgehead atoms. The van der Waals surface area contributed by atoms with Crippen molar-refractivity contribution < 1.29 is 4.74 Å². The first-order valence-corrected chi connectivity index (χ1v) is 5.47. The summed E-state index contributed by atoms with van der Waals surface area (Å²) in [6.07, 6.45) is 1.84. The SMILES string of the molecule is Nc1nc(Cl)c(N)c(NC2CCOCC2)n1. The van der Waals surface area contributed by atoms with Crippen molar-refractivity contribution in [3.63, 3.8) is 0 Å². The highest BCUT2D eigenvalue weighted by Crippen LogP contribution is 2.26. The molecule has 6 nitrogen and oxygen atoms in total. The molecule has 1 fully saturated rings. The maximum absolute atomic E-state index is 5.82. The molecule has 0 unspecified atom stereocenters. The zero-order valence-corrected chi connectivity index (χ0v) is 9.50. The fourth-order valence-electron chi connectivity index (χ4n) is 1.60. The molecule has 1 aromatic rings. The summed E-state index contributed by atoms with van der Waals surface area (Å²) in [6.45, 7) is 1.48. The Balaban J connectivity index is 2.13. The molecule has 0 aromatic carbocycles. The normalized spacial score (nSPS) is 17.3. The van der Waals surface area contributed by atoms with Gasteiger partial charge in [0.2, 0.25) is 5.95 Å². The van der Waals surface area contributed by atoms with Crippen LogP contribution < -0.4 is 16.8 Å². The molecule has 0 aliphatic carbocycles. The summed E-state index contributed by atoms with van der Waals surface area (Å²) in [5, 5.41) is 3.39. The van der Waals surface area contributed by atoms with Gasteiger partial charge in [-0.15, -0.1) is 0 Å². The number of nitrogens with two attached hydrogens (primary N) is 2. The molecule has 1 aromatic heterocycles. The van der Waals surface area contributed by atoms with E-state index < -0.39 is 0 Å². The van der Waals surface area contributed by atoms with Crippen molar-refractivity contribution in [1.82, 2.24) is 9.97 Å². The summed E-state index contributed by atoms with van der Waals surface area (Å²) in [5.41, 5.74) is 11.6. The molecule has 7 heteroatoms. The van der Waals surface area contributed by atoms with Gasteiger partial charge < -0.3 is 21.5 Å². The molecule has 2 heterocycles. The summed E-state index contributed by atoms with van der Waals surface area (Å²) in [5.74, 6) is 0.623. The molecule has 0 radical (unpaired) electrons. The van der Waals surface area contributed by atoms with Gasteiger partial charge >= 0.3 is 0 Å². The highest BCUT2D eigenvalue weighted by Gasteiger charge is 2.16. The van der Waals surface area contributed by atoms with Crippen LogP contribution in [0.1, 0.15) is 12.8 Å². The highest BCUT2D eigenvalue weighted by atomic mass is 35.5. The lowest BCUT2D eigenvalue weighted by Crippen LogP contribution is -2.28. The molecule has 16 heavy (non-hydrogen) atoms. The Kier molecular flexibility index (Phi) is 3.31. The zero-order chi connectivity index (χ0) is 11.5. The Morgan fingerprint density at radius 1 is 1.25 bits per heavy atom. The first-order chi connectivity index (χ1) is 7.66. The van der Waals surface area contributed by atoms with Gasteiger partial charge in [-0.1, -0.05) is 11.6 Å². The van der Waals surface area contributed by atoms with Crippen LogP contribution in [0, 0.1) is 0 Å². The van der Waals surface area contributed by atoms with Crippen molar-refractivity contribution in [2.24, 2.45) is 0 Å². The number of anilines is 3. The number of nitrogens with one attached hydrogen (secondary N) is 1. The molecule has 88 valence electrons. The average Bonchev–Trinajstić information content (AvgIpc) is 2.27. The number of aromatic nitrogens is 2. The van der Waals surface area contributed by atoms with Crippen LogP contribution in [0.4, 0.5) is 17.5 Å². The van der Waals surface area contributed by atoms with E-state index >= 15 is 0 Å². The van der Waals surface area contributed by atoms with Crippen LogP contribution in [0.15, 0.2) is 0 Å². The minimum Gasteiger partial charge on any atom is -0.393 e. The van der Waals surface area contributed by atoms with Gasteiger partial charge in [0.15, 0.2) is 11.0 Å². The maximum atomic E-state index is 5.82. The van der Waals surface area contributed by atoms with E-state index in [0.717, 1.165) is 26.1 Å². The van der Waals surface area contributed by atoms with Crippen molar-refractivity contribution in [2.45, 2.75) is 18.9 Å². The average molecular weight is 244 g/mol. The molecule has 1 aliphatic heterocycles. The van der Waals surface area contributed by atoms with E-state index in [4.69, 9.17) is 27.8 Å². The Bertz CT molecular complexity index is 380. The zero-order valence-electron chi connectivity index (χ0n) is 8.74. The summed E-state index contributed by atoms with van der Waals surface area (Å²) >= 11 is 5.82. The van der Waals surface area contributed by atoms with E-state index in [-0.39, 0.29) is 11.1 Å². The summed E-state index contributed by atoms with van der Waals surface area (Å²) in [4.78, 5) is 7.80. The molecule has 1 aliphatic rings. The smallest absolute Gasteiger partial charge is 0.223 e. The van der Waals surface area contributed by atoms with Crippen LogP contribution in [-0.4, -0.2) is 29.2 Å². The number of hydrogen-bond acceptors (Lipinski definition) is 6. The molecule has 1 saturated heterocycles. The largest absolute Gasteiger partial charge is 0.393 e. The van der Waals surface area contributed by atoms with Gasteiger partial charge in [-0.25, -0.2) is 0 Å². The lowest BCUT2D eigenvalue weighted by molar-refractivity contribution is 0.0904. The third-order valence-corrected chi connectivity index (χ3v) is 2.77. The van der Waals surface area contributed by atoms with Gasteiger partial charge in [0.25, 0.3) is 0 Å². The highest BCUT2D eigenvalue weighted by molar-refractivity contribution is 6.32. The number of ether oxygens (including phenoxy) is 1. The molecule has 2 rings (SSSR count). The molecule has 0 saturated carbocycles. The second kappa shape index (κ2) is 4.71. The van der Waals surface area contributed by atoms with Gasteiger partial charge in [0, 0.05) is 19.3 Å². The molecule has 0 amide bonds. The second-order valence-corrected chi connectivity index (χ2v) is 4.02. The minimum absolute atomic E-state index is 0.119. The predicted molar refractivity (Wildman–Crippen MR) is 63.3 cm³/mol. The van der Waals surface area contributed by atoms with Crippen molar-refractivity contribution in [1.29, 1.82) is 0 Å². The second-order valence-electron chi connectivity index (χ2n) is 3.67. The van der Waals surface area contributed by atoms with Crippen LogP contribution in [-0.2, 0) is 4.74 Å². The lowest BCUT2D eigenvalue weighted by Gasteiger charge is -2.24. The van der Waals surface area contributed by atoms with Crippen LogP contribution >= 0.6 is 11.6 Å². The first kappa shape index (κ1) is 11.2. The third-order valence-electron chi connectivity index (χ3n) is 2.48. The van der Waals surface area contributed by atoms with E-state index in [0.29, 0.717) is 17.5 Å². The van der Waals surface area contributed by atoms with Crippen LogP contribution in [0.25, 0.3) is 0 Å². The molecular formula is C9H14ClN5O. The summed E-state index contributed by atoms with van der Waals surface area (Å²) < 4.78 is 5.26. The molecular weight excluding hydrogens is 230 g/mol. The van der Waals surface area contributed by atoms with Crippen molar-refractivity contribution >= 4 is 29.1 Å². The van der Waals surface area contributed by atoms with Gasteiger partial charge in [0.1, 0.15) is 5.69 Å². The fourth-order valence-corrected chi connectivity index (χ4v) is 1.78. The topological polar surface area (TPSA) is 99.1 Å². The van der Waals surface area contributed by atoms with Crippen molar-refractivity contribution in [2.75, 3.05) is 30.0 Å².